The molecule has 2 rings (SSSR count). The van der Waals surface area contributed by atoms with Gasteiger partial charge in [-0.25, -0.2) is 4.39 Å². The quantitative estimate of drug-likeness (QED) is 0.446. The Labute approximate surface area is 221 Å². The first kappa shape index (κ1) is 30.5. The zero-order valence-electron chi connectivity index (χ0n) is 23.7. The van der Waals surface area contributed by atoms with E-state index >= 15 is 0 Å². The lowest BCUT2D eigenvalue weighted by atomic mass is 9.95. The first-order valence-electron chi connectivity index (χ1n) is 13.4. The molecular formula is C29H45FN4O3. The first-order chi connectivity index (χ1) is 17.3. The molecule has 1 aromatic rings. The molecule has 2 N–H and O–H groups in total. The van der Waals surface area contributed by atoms with E-state index in [0.29, 0.717) is 11.3 Å². The van der Waals surface area contributed by atoms with Crippen molar-refractivity contribution in [1.29, 1.82) is 0 Å². The van der Waals surface area contributed by atoms with E-state index in [4.69, 9.17) is 0 Å². The maximum Gasteiger partial charge on any atom is 0.251 e. The number of halogens is 1. The Morgan fingerprint density at radius 2 is 1.65 bits per heavy atom. The minimum atomic E-state index is -0.670. The Kier molecular flexibility index (Phi) is 11.3. The topological polar surface area (TPSA) is 81.8 Å². The number of likely N-dealkylation sites (tertiary alicyclic amines) is 1. The summed E-state index contributed by atoms with van der Waals surface area (Å²) in [7, 11) is 1.72. The largest absolute Gasteiger partial charge is 0.343 e. The second-order valence-corrected chi connectivity index (χ2v) is 11.1. The van der Waals surface area contributed by atoms with Crippen molar-refractivity contribution in [3.63, 3.8) is 0 Å². The maximum atomic E-state index is 13.7. The molecule has 0 aromatic heterocycles. The second kappa shape index (κ2) is 13.7. The van der Waals surface area contributed by atoms with Crippen molar-refractivity contribution in [3.8, 4) is 0 Å². The van der Waals surface area contributed by atoms with Crippen molar-refractivity contribution in [3.05, 3.63) is 41.7 Å². The Morgan fingerprint density at radius 3 is 2.19 bits per heavy atom. The van der Waals surface area contributed by atoms with E-state index in [-0.39, 0.29) is 53.5 Å². The third-order valence-electron chi connectivity index (χ3n) is 7.10. The fourth-order valence-corrected chi connectivity index (χ4v) is 4.83. The van der Waals surface area contributed by atoms with E-state index in [9.17, 15) is 18.8 Å². The molecule has 8 heteroatoms. The van der Waals surface area contributed by atoms with Crippen LogP contribution in [0.4, 0.5) is 10.1 Å². The summed E-state index contributed by atoms with van der Waals surface area (Å²) in [5.41, 5.74) is 0.938. The van der Waals surface area contributed by atoms with E-state index in [1.807, 2.05) is 27.7 Å². The molecule has 1 aliphatic heterocycles. The van der Waals surface area contributed by atoms with Crippen LogP contribution in [0.3, 0.4) is 0 Å². The van der Waals surface area contributed by atoms with Crippen LogP contribution in [0.25, 0.3) is 0 Å². The molecule has 3 atom stereocenters. The van der Waals surface area contributed by atoms with E-state index in [1.165, 1.54) is 24.3 Å². The van der Waals surface area contributed by atoms with Crippen molar-refractivity contribution >= 4 is 23.4 Å². The number of nitrogens with zero attached hydrogens (tertiary/aromatic N) is 2. The molecule has 1 saturated heterocycles. The Bertz CT molecular complexity index is 958. The van der Waals surface area contributed by atoms with Crippen LogP contribution in [0.1, 0.15) is 67.7 Å². The molecule has 1 unspecified atom stereocenters. The number of hydrogen-bond acceptors (Lipinski definition) is 4. The average molecular weight is 517 g/mol. The van der Waals surface area contributed by atoms with Crippen LogP contribution in [0, 0.1) is 17.7 Å². The van der Waals surface area contributed by atoms with Gasteiger partial charge in [-0.1, -0.05) is 40.2 Å². The van der Waals surface area contributed by atoms with Crippen LogP contribution in [-0.4, -0.2) is 65.3 Å². The molecule has 0 spiro atoms. The number of carbonyl (C=O) groups excluding carboxylic acids is 3. The summed E-state index contributed by atoms with van der Waals surface area (Å²) in [6.45, 7) is 14.6. The first-order valence-corrected chi connectivity index (χ1v) is 13.4. The lowest BCUT2D eigenvalue weighted by Gasteiger charge is -2.39. The number of piperidine rings is 1. The monoisotopic (exact) mass is 516 g/mol. The normalized spacial score (nSPS) is 18.6. The molecule has 1 aromatic carbocycles. The van der Waals surface area contributed by atoms with Crippen LogP contribution >= 0.6 is 0 Å². The Morgan fingerprint density at radius 1 is 1.03 bits per heavy atom. The van der Waals surface area contributed by atoms with Gasteiger partial charge >= 0.3 is 0 Å². The van der Waals surface area contributed by atoms with Gasteiger partial charge in [-0.05, 0) is 76.3 Å². The molecule has 1 aliphatic rings. The highest BCUT2D eigenvalue weighted by Crippen LogP contribution is 2.22. The zero-order valence-corrected chi connectivity index (χ0v) is 23.7. The minimum Gasteiger partial charge on any atom is -0.343 e. The van der Waals surface area contributed by atoms with Crippen LogP contribution < -0.4 is 10.6 Å². The molecule has 0 radical (unpaired) electrons. The number of nitrogens with one attached hydrogen (secondary N) is 2. The van der Waals surface area contributed by atoms with Gasteiger partial charge < -0.3 is 15.5 Å². The lowest BCUT2D eigenvalue weighted by Crippen LogP contribution is -2.58. The van der Waals surface area contributed by atoms with Crippen LogP contribution in [0.15, 0.2) is 35.9 Å². The maximum absolute atomic E-state index is 13.7. The number of hydrogen-bond donors (Lipinski definition) is 2. The van der Waals surface area contributed by atoms with Gasteiger partial charge in [0.05, 0.1) is 12.1 Å². The number of rotatable bonds is 10. The van der Waals surface area contributed by atoms with Crippen molar-refractivity contribution in [1.82, 2.24) is 15.1 Å². The van der Waals surface area contributed by atoms with E-state index in [0.717, 1.165) is 25.8 Å². The highest BCUT2D eigenvalue weighted by atomic mass is 19.1. The summed E-state index contributed by atoms with van der Waals surface area (Å²) < 4.78 is 13.2. The molecule has 0 saturated carbocycles. The molecule has 0 aliphatic carbocycles. The standard InChI is InChI=1S/C29H45FN4O3/c1-18(2)25(17-21(7)27(35)31-23-14-12-22(30)13-15-23)33(8)29(37)26(19(3)4)32-28(36)24-11-9-10-16-34(24)20(5)6/h12-15,17-20,24-26H,9-11,16H2,1-8H3,(H,31,35)(H,32,36)/b21-17+/t24-,25?,26+/m1/s1. The van der Waals surface area contributed by atoms with Gasteiger partial charge in [-0.3, -0.25) is 19.3 Å². The molecule has 37 heavy (non-hydrogen) atoms. The Balaban J connectivity index is 2.17. The third-order valence-corrected chi connectivity index (χ3v) is 7.10. The molecule has 0 bridgehead atoms. The summed E-state index contributed by atoms with van der Waals surface area (Å²) in [6.07, 6.45) is 4.65. The second-order valence-electron chi connectivity index (χ2n) is 11.1. The summed E-state index contributed by atoms with van der Waals surface area (Å²) in [5, 5.41) is 5.82. The van der Waals surface area contributed by atoms with Gasteiger partial charge in [0.15, 0.2) is 0 Å². The number of anilines is 1. The summed E-state index contributed by atoms with van der Waals surface area (Å²) in [5.74, 6) is -1.05. The fourth-order valence-electron chi connectivity index (χ4n) is 4.83. The smallest absolute Gasteiger partial charge is 0.251 e. The van der Waals surface area contributed by atoms with Crippen molar-refractivity contribution in [2.24, 2.45) is 11.8 Å². The van der Waals surface area contributed by atoms with Crippen molar-refractivity contribution in [2.75, 3.05) is 18.9 Å². The van der Waals surface area contributed by atoms with Gasteiger partial charge in [0, 0.05) is 24.4 Å². The van der Waals surface area contributed by atoms with Gasteiger partial charge in [0.25, 0.3) is 5.91 Å². The van der Waals surface area contributed by atoms with Gasteiger partial charge in [-0.2, -0.15) is 0 Å². The summed E-state index contributed by atoms with van der Waals surface area (Å²) in [6, 6.07) is 4.57. The molecular weight excluding hydrogens is 471 g/mol. The lowest BCUT2D eigenvalue weighted by molar-refractivity contribution is -0.140. The predicted octanol–water partition coefficient (Wildman–Crippen LogP) is 4.60. The SMILES string of the molecule is C/C(=C\C(C(C)C)N(C)C(=O)[C@@H](NC(=O)[C@H]1CCCCN1C(C)C)C(C)C)C(=O)Nc1ccc(F)cc1. The molecule has 7 nitrogen and oxygen atoms in total. The summed E-state index contributed by atoms with van der Waals surface area (Å²) in [4.78, 5) is 43.6. The predicted molar refractivity (Wildman–Crippen MR) is 146 cm³/mol. The third kappa shape index (κ3) is 8.38. The highest BCUT2D eigenvalue weighted by Gasteiger charge is 2.36. The van der Waals surface area contributed by atoms with Crippen LogP contribution in [0.2, 0.25) is 0 Å². The molecule has 1 heterocycles. The average Bonchev–Trinajstić information content (AvgIpc) is 2.85. The number of amides is 3. The molecule has 1 fully saturated rings. The van der Waals surface area contributed by atoms with Crippen molar-refractivity contribution in [2.45, 2.75) is 91.9 Å². The number of benzene rings is 1. The van der Waals surface area contributed by atoms with Gasteiger partial charge in [-0.15, -0.1) is 0 Å². The van der Waals surface area contributed by atoms with E-state index in [2.05, 4.69) is 29.4 Å². The molecule has 3 amide bonds. The van der Waals surface area contributed by atoms with E-state index < -0.39 is 6.04 Å². The van der Waals surface area contributed by atoms with Gasteiger partial charge in [0.1, 0.15) is 11.9 Å². The van der Waals surface area contributed by atoms with Gasteiger partial charge in [0.2, 0.25) is 11.8 Å². The number of carbonyl (C=O) groups is 3. The van der Waals surface area contributed by atoms with Crippen LogP contribution in [-0.2, 0) is 14.4 Å². The minimum absolute atomic E-state index is 0.0285. The Hall–Kier alpha value is -2.74. The van der Waals surface area contributed by atoms with E-state index in [1.54, 1.807) is 24.9 Å². The van der Waals surface area contributed by atoms with Crippen LogP contribution in [0.5, 0.6) is 0 Å². The van der Waals surface area contributed by atoms with Crippen molar-refractivity contribution < 1.29 is 18.8 Å². The molecule has 206 valence electrons. The fraction of sp³-hybridized carbons (Fsp3) is 0.621. The number of likely N-dealkylation sites (N-methyl/N-ethyl adjacent to an activating group) is 1. The summed E-state index contributed by atoms with van der Waals surface area (Å²) >= 11 is 0. The zero-order chi connectivity index (χ0) is 27.9. The highest BCUT2D eigenvalue weighted by molar-refractivity contribution is 6.03.